The predicted octanol–water partition coefficient (Wildman–Crippen LogP) is 5.35. The van der Waals surface area contributed by atoms with E-state index in [1.165, 1.54) is 11.6 Å². The van der Waals surface area contributed by atoms with E-state index in [0.717, 1.165) is 61.8 Å². The SMILES string of the molecule is CCCC[C@H]1Cc2c([nH]c3c(F)cc(F)cc23)[C@H](c2ccc(C3COC3)cc2)N1. The minimum atomic E-state index is -0.529. The second-order valence-corrected chi connectivity index (χ2v) is 8.37. The molecule has 0 radical (unpaired) electrons. The van der Waals surface area contributed by atoms with Crippen LogP contribution in [0, 0.1) is 11.6 Å². The van der Waals surface area contributed by atoms with Crippen LogP contribution in [0.25, 0.3) is 10.9 Å². The molecule has 3 nitrogen and oxygen atoms in total. The average molecular weight is 396 g/mol. The number of rotatable bonds is 5. The number of hydrogen-bond donors (Lipinski definition) is 2. The first-order chi connectivity index (χ1) is 14.1. The van der Waals surface area contributed by atoms with Gasteiger partial charge < -0.3 is 15.0 Å². The second-order valence-electron chi connectivity index (χ2n) is 8.37. The smallest absolute Gasteiger partial charge is 0.150 e. The molecule has 2 aliphatic heterocycles. The molecule has 0 spiro atoms. The molecule has 2 atom stereocenters. The first-order valence-electron chi connectivity index (χ1n) is 10.6. The Morgan fingerprint density at radius 1 is 1.07 bits per heavy atom. The summed E-state index contributed by atoms with van der Waals surface area (Å²) in [6.07, 6.45) is 4.09. The third-order valence-corrected chi connectivity index (χ3v) is 6.39. The van der Waals surface area contributed by atoms with Crippen LogP contribution in [0.1, 0.15) is 60.5 Å². The molecule has 152 valence electrons. The summed E-state index contributed by atoms with van der Waals surface area (Å²) in [5.74, 6) is -0.566. The highest BCUT2D eigenvalue weighted by Crippen LogP contribution is 2.37. The Morgan fingerprint density at radius 2 is 1.83 bits per heavy atom. The number of unbranched alkanes of at least 4 members (excludes halogenated alkanes) is 1. The quantitative estimate of drug-likeness (QED) is 0.610. The Balaban J connectivity index is 1.56. The van der Waals surface area contributed by atoms with Crippen molar-refractivity contribution in [2.75, 3.05) is 13.2 Å². The molecule has 1 fully saturated rings. The molecular formula is C24H26F2N2O. The van der Waals surface area contributed by atoms with Gasteiger partial charge in [0.15, 0.2) is 0 Å². The monoisotopic (exact) mass is 396 g/mol. The molecule has 5 heteroatoms. The zero-order valence-electron chi connectivity index (χ0n) is 16.6. The molecular weight excluding hydrogens is 370 g/mol. The molecule has 1 saturated heterocycles. The molecule has 2 aliphatic rings. The summed E-state index contributed by atoms with van der Waals surface area (Å²) in [6.45, 7) is 3.76. The highest BCUT2D eigenvalue weighted by molar-refractivity contribution is 5.86. The van der Waals surface area contributed by atoms with Gasteiger partial charge in [0.2, 0.25) is 0 Å². The maximum atomic E-state index is 14.4. The van der Waals surface area contributed by atoms with Crippen molar-refractivity contribution in [1.29, 1.82) is 0 Å². The molecule has 2 N–H and O–H groups in total. The van der Waals surface area contributed by atoms with Gasteiger partial charge in [-0.25, -0.2) is 8.78 Å². The van der Waals surface area contributed by atoms with Crippen molar-refractivity contribution in [3.8, 4) is 0 Å². The lowest BCUT2D eigenvalue weighted by Crippen LogP contribution is -2.39. The number of aromatic amines is 1. The van der Waals surface area contributed by atoms with Crippen molar-refractivity contribution in [2.24, 2.45) is 0 Å². The molecule has 0 saturated carbocycles. The van der Waals surface area contributed by atoms with Gasteiger partial charge >= 0.3 is 0 Å². The van der Waals surface area contributed by atoms with Gasteiger partial charge in [-0.2, -0.15) is 0 Å². The van der Waals surface area contributed by atoms with Gasteiger partial charge in [-0.05, 0) is 35.6 Å². The molecule has 5 rings (SSSR count). The van der Waals surface area contributed by atoms with Crippen molar-refractivity contribution < 1.29 is 13.5 Å². The van der Waals surface area contributed by atoms with E-state index in [1.807, 2.05) is 0 Å². The minimum absolute atomic E-state index is 0.0536. The minimum Gasteiger partial charge on any atom is -0.380 e. The van der Waals surface area contributed by atoms with Gasteiger partial charge in [-0.1, -0.05) is 44.0 Å². The number of hydrogen-bond acceptors (Lipinski definition) is 2. The van der Waals surface area contributed by atoms with Crippen LogP contribution >= 0.6 is 0 Å². The van der Waals surface area contributed by atoms with Crippen molar-refractivity contribution in [2.45, 2.75) is 50.6 Å². The highest BCUT2D eigenvalue weighted by atomic mass is 19.1. The number of fused-ring (bicyclic) bond motifs is 3. The summed E-state index contributed by atoms with van der Waals surface area (Å²) in [4.78, 5) is 3.27. The summed E-state index contributed by atoms with van der Waals surface area (Å²) >= 11 is 0. The van der Waals surface area contributed by atoms with E-state index in [4.69, 9.17) is 4.74 Å². The maximum absolute atomic E-state index is 14.4. The first kappa shape index (κ1) is 18.8. The Hall–Kier alpha value is -2.24. The van der Waals surface area contributed by atoms with E-state index in [0.29, 0.717) is 16.8 Å². The van der Waals surface area contributed by atoms with Crippen molar-refractivity contribution >= 4 is 10.9 Å². The number of aromatic nitrogens is 1. The normalized spacial score (nSPS) is 21.9. The zero-order chi connectivity index (χ0) is 20.0. The van der Waals surface area contributed by atoms with Crippen LogP contribution in [0.5, 0.6) is 0 Å². The lowest BCUT2D eigenvalue weighted by Gasteiger charge is -2.32. The number of benzene rings is 2. The predicted molar refractivity (Wildman–Crippen MR) is 110 cm³/mol. The Labute approximate surface area is 169 Å². The van der Waals surface area contributed by atoms with Gasteiger partial charge in [0.1, 0.15) is 11.6 Å². The van der Waals surface area contributed by atoms with E-state index in [1.54, 1.807) is 0 Å². The fraction of sp³-hybridized carbons (Fsp3) is 0.417. The molecule has 1 aromatic heterocycles. The number of halogens is 2. The molecule has 3 aromatic rings. The van der Waals surface area contributed by atoms with Crippen LogP contribution in [-0.2, 0) is 11.2 Å². The van der Waals surface area contributed by atoms with Crippen LogP contribution in [0.4, 0.5) is 8.78 Å². The molecule has 0 unspecified atom stereocenters. The van der Waals surface area contributed by atoms with Gasteiger partial charge in [0.05, 0.1) is 24.8 Å². The largest absolute Gasteiger partial charge is 0.380 e. The van der Waals surface area contributed by atoms with Gasteiger partial charge in [0.25, 0.3) is 0 Å². The van der Waals surface area contributed by atoms with Crippen molar-refractivity contribution in [3.63, 3.8) is 0 Å². The zero-order valence-corrected chi connectivity index (χ0v) is 16.6. The highest BCUT2D eigenvalue weighted by Gasteiger charge is 2.31. The number of nitrogens with one attached hydrogen (secondary N) is 2. The van der Waals surface area contributed by atoms with E-state index in [2.05, 4.69) is 41.5 Å². The molecule has 29 heavy (non-hydrogen) atoms. The summed E-state index contributed by atoms with van der Waals surface area (Å²) < 4.78 is 33.7. The molecule has 2 aromatic carbocycles. The van der Waals surface area contributed by atoms with Gasteiger partial charge in [-0.15, -0.1) is 0 Å². The van der Waals surface area contributed by atoms with Crippen LogP contribution in [0.15, 0.2) is 36.4 Å². The number of H-pyrrole nitrogens is 1. The Kier molecular flexibility index (Phi) is 4.88. The average Bonchev–Trinajstić information content (AvgIpc) is 3.04. The van der Waals surface area contributed by atoms with Gasteiger partial charge in [0, 0.05) is 29.1 Å². The summed E-state index contributed by atoms with van der Waals surface area (Å²) in [5, 5.41) is 4.44. The van der Waals surface area contributed by atoms with Crippen LogP contribution < -0.4 is 5.32 Å². The summed E-state index contributed by atoms with van der Waals surface area (Å²) in [7, 11) is 0. The maximum Gasteiger partial charge on any atom is 0.150 e. The topological polar surface area (TPSA) is 37.0 Å². The Morgan fingerprint density at radius 3 is 2.52 bits per heavy atom. The van der Waals surface area contributed by atoms with Gasteiger partial charge in [-0.3, -0.25) is 0 Å². The van der Waals surface area contributed by atoms with Crippen LogP contribution in [-0.4, -0.2) is 24.2 Å². The van der Waals surface area contributed by atoms with Crippen molar-refractivity contribution in [1.82, 2.24) is 10.3 Å². The molecule has 3 heterocycles. The van der Waals surface area contributed by atoms with E-state index >= 15 is 0 Å². The van der Waals surface area contributed by atoms with Crippen LogP contribution in [0.3, 0.4) is 0 Å². The van der Waals surface area contributed by atoms with Crippen molar-refractivity contribution in [3.05, 3.63) is 70.4 Å². The lowest BCUT2D eigenvalue weighted by atomic mass is 9.87. The lowest BCUT2D eigenvalue weighted by molar-refractivity contribution is 0.00841. The first-order valence-corrected chi connectivity index (χ1v) is 10.6. The molecule has 0 amide bonds. The van der Waals surface area contributed by atoms with E-state index in [-0.39, 0.29) is 12.1 Å². The number of ether oxygens (including phenoxy) is 1. The molecule has 0 bridgehead atoms. The fourth-order valence-corrected chi connectivity index (χ4v) is 4.67. The third-order valence-electron chi connectivity index (χ3n) is 6.39. The van der Waals surface area contributed by atoms with E-state index in [9.17, 15) is 8.78 Å². The summed E-state index contributed by atoms with van der Waals surface area (Å²) in [5.41, 5.74) is 4.84. The summed E-state index contributed by atoms with van der Waals surface area (Å²) in [6, 6.07) is 11.3. The standard InChI is InChI=1S/C24H26F2N2O/c1-2-3-4-18-11-20-19-9-17(25)10-21(26)23(19)28-24(20)22(27-18)15-7-5-14(6-8-15)16-12-29-13-16/h5-10,16,18,22,27-28H,2-4,11-13H2,1H3/t18-,22-/m0/s1. The third kappa shape index (κ3) is 3.36. The van der Waals surface area contributed by atoms with E-state index < -0.39 is 11.6 Å². The van der Waals surface area contributed by atoms with Crippen LogP contribution in [0.2, 0.25) is 0 Å². The fourth-order valence-electron chi connectivity index (χ4n) is 4.67. The second kappa shape index (κ2) is 7.54. The Bertz CT molecular complexity index is 1020. The molecule has 0 aliphatic carbocycles.